The molecule has 1 fully saturated rings. The molecule has 37 heavy (non-hydrogen) atoms. The first-order valence-electron chi connectivity index (χ1n) is 11.0. The molecule has 0 spiro atoms. The highest BCUT2D eigenvalue weighted by Crippen LogP contribution is 2.61. The molecule has 4 atom stereocenters. The second-order valence-electron chi connectivity index (χ2n) is 9.04. The first-order chi connectivity index (χ1) is 17.4. The highest BCUT2D eigenvalue weighted by Gasteiger charge is 2.70. The van der Waals surface area contributed by atoms with Gasteiger partial charge in [0.05, 0.1) is 19.7 Å². The van der Waals surface area contributed by atoms with Crippen molar-refractivity contribution in [1.82, 2.24) is 13.9 Å². The fraction of sp³-hybridized carbons (Fsp3) is 0.333. The maximum Gasteiger partial charge on any atom is 0.347 e. The van der Waals surface area contributed by atoms with Gasteiger partial charge in [-0.05, 0) is 23.3 Å². The Morgan fingerprint density at radius 2 is 1.76 bits per heavy atom. The summed E-state index contributed by atoms with van der Waals surface area (Å²) < 4.78 is 8.58. The van der Waals surface area contributed by atoms with Crippen LogP contribution in [0.15, 0.2) is 55.6 Å². The zero-order valence-corrected chi connectivity index (χ0v) is 22.4. The quantitative estimate of drug-likeness (QED) is 0.437. The number of aromatic hydroxyl groups is 1. The molecule has 1 saturated carbocycles. The molecule has 1 aromatic carbocycles. The summed E-state index contributed by atoms with van der Waals surface area (Å²) in [5.41, 5.74) is -0.0496. The summed E-state index contributed by atoms with van der Waals surface area (Å²) >= 11 is 26.3. The van der Waals surface area contributed by atoms with E-state index >= 15 is 0 Å². The first-order valence-corrected chi connectivity index (χ1v) is 12.6. The van der Waals surface area contributed by atoms with Gasteiger partial charge in [-0.15, -0.1) is 23.2 Å². The number of methoxy groups -OCH3 is 1. The summed E-state index contributed by atoms with van der Waals surface area (Å²) in [5.74, 6) is -2.55. The van der Waals surface area contributed by atoms with Crippen LogP contribution < -0.4 is 16.1 Å². The number of carbonyl (C=O) groups is 2. The number of hydrogen-bond acceptors (Lipinski definition) is 6. The number of nitrogens with zero attached hydrogens (tertiary/aromatic N) is 3. The molecule has 2 aliphatic carbocycles. The molecular weight excluding hydrogens is 568 g/mol. The van der Waals surface area contributed by atoms with Crippen molar-refractivity contribution < 1.29 is 19.4 Å². The van der Waals surface area contributed by atoms with Crippen LogP contribution >= 0.6 is 46.4 Å². The number of allylic oxidation sites excluding steroid dienone is 5. The van der Waals surface area contributed by atoms with Gasteiger partial charge in [0.1, 0.15) is 19.8 Å². The zero-order valence-electron chi connectivity index (χ0n) is 19.4. The number of rotatable bonds is 3. The Kier molecular flexibility index (Phi) is 6.06. The molecule has 0 bridgehead atoms. The fourth-order valence-corrected chi connectivity index (χ4v) is 6.81. The number of alkyl halides is 2. The molecule has 0 amide bonds. The molecule has 0 saturated heterocycles. The summed E-state index contributed by atoms with van der Waals surface area (Å²) in [4.78, 5) is 48.5. The molecule has 1 N–H and O–H groups in total. The molecule has 0 radical (unpaired) electrons. The lowest BCUT2D eigenvalue weighted by Crippen LogP contribution is -2.67. The minimum absolute atomic E-state index is 0.0346. The molecule has 5 rings (SSSR count). The van der Waals surface area contributed by atoms with Crippen molar-refractivity contribution in [3.8, 4) is 11.5 Å². The van der Waals surface area contributed by atoms with Gasteiger partial charge in [0.25, 0.3) is 0 Å². The summed E-state index contributed by atoms with van der Waals surface area (Å²) in [7, 11) is 2.75. The molecule has 3 aliphatic rings. The molecule has 194 valence electrons. The molecule has 1 aliphatic heterocycles. The number of hydrogen-bond donors (Lipinski definition) is 1. The molecule has 2 heterocycles. The molecule has 9 nitrogen and oxygen atoms in total. The number of benzene rings is 1. The Bertz CT molecular complexity index is 1600. The van der Waals surface area contributed by atoms with E-state index in [4.69, 9.17) is 51.1 Å². The van der Waals surface area contributed by atoms with Gasteiger partial charge in [0.2, 0.25) is 0 Å². The van der Waals surface area contributed by atoms with Crippen LogP contribution in [-0.2, 0) is 23.2 Å². The van der Waals surface area contributed by atoms with Crippen molar-refractivity contribution in [2.75, 3.05) is 7.11 Å². The Morgan fingerprint density at radius 1 is 1.08 bits per heavy atom. The van der Waals surface area contributed by atoms with Crippen molar-refractivity contribution >= 4 is 64.0 Å². The lowest BCUT2D eigenvalue weighted by Gasteiger charge is -2.53. The second-order valence-corrected chi connectivity index (χ2v) is 11.0. The molecule has 0 unspecified atom stereocenters. The van der Waals surface area contributed by atoms with Gasteiger partial charge in [0.15, 0.2) is 23.1 Å². The van der Waals surface area contributed by atoms with Gasteiger partial charge in [-0.1, -0.05) is 47.5 Å². The third kappa shape index (κ3) is 3.37. The first kappa shape index (κ1) is 25.9. The van der Waals surface area contributed by atoms with Crippen molar-refractivity contribution in [3.05, 3.63) is 72.5 Å². The standard InChI is InChI=1S/C24H19Cl4N3O6/c1-29-21(35)30-8-7-12-13(5-3-11-4-6-15(32)16(9-11)37-2)24(28)20(34)18(26)17(25)19(33)23(24,27)10-14(12)31(30)22(29)36/h3-7,9,13-14,32H,8,10H2,1-2H3/t13-,14+,23+,24-/m0/s1. The minimum Gasteiger partial charge on any atom is -0.504 e. The van der Waals surface area contributed by atoms with Crippen molar-refractivity contribution in [3.63, 3.8) is 0 Å². The molecule has 2 aromatic rings. The van der Waals surface area contributed by atoms with Crippen LogP contribution in [0.2, 0.25) is 0 Å². The van der Waals surface area contributed by atoms with Gasteiger partial charge in [-0.25, -0.2) is 23.5 Å². The van der Waals surface area contributed by atoms with E-state index in [9.17, 15) is 24.3 Å². The predicted molar refractivity (Wildman–Crippen MR) is 139 cm³/mol. The topological polar surface area (TPSA) is 113 Å². The van der Waals surface area contributed by atoms with E-state index < -0.39 is 54.7 Å². The minimum atomic E-state index is -2.09. The number of ketones is 2. The lowest BCUT2D eigenvalue weighted by atomic mass is 9.60. The van der Waals surface area contributed by atoms with Gasteiger partial charge in [-0.3, -0.25) is 9.59 Å². The van der Waals surface area contributed by atoms with Crippen molar-refractivity contribution in [2.45, 2.75) is 28.8 Å². The summed E-state index contributed by atoms with van der Waals surface area (Å²) in [6.45, 7) is 0.0346. The van der Waals surface area contributed by atoms with E-state index in [2.05, 4.69) is 0 Å². The zero-order chi connectivity index (χ0) is 27.0. The van der Waals surface area contributed by atoms with Gasteiger partial charge < -0.3 is 9.84 Å². The number of phenols is 1. The molecule has 1 aromatic heterocycles. The number of ether oxygens (including phenoxy) is 1. The number of Topliss-reactive ketones (excluding diaryl/α,β-unsaturated/α-hetero) is 2. The Hall–Kier alpha value is -2.72. The monoisotopic (exact) mass is 585 g/mol. The van der Waals surface area contributed by atoms with E-state index in [0.29, 0.717) is 11.1 Å². The van der Waals surface area contributed by atoms with E-state index in [1.54, 1.807) is 30.4 Å². The van der Waals surface area contributed by atoms with E-state index in [0.717, 1.165) is 4.57 Å². The SMILES string of the molecule is COc1cc(C=C[C@H]2C3=CCn4c(=O)n(C)c(=O)n4[C@@H]3C[C@@]3(Cl)C(=O)C(Cl)=C(Cl)C(=O)[C@@]23Cl)ccc1O. The van der Waals surface area contributed by atoms with Gasteiger partial charge in [-0.2, -0.15) is 0 Å². The maximum atomic E-state index is 13.6. The Labute approximate surface area is 229 Å². The Balaban J connectivity index is 1.74. The highest BCUT2D eigenvalue weighted by atomic mass is 35.5. The number of aromatic nitrogens is 3. The summed E-state index contributed by atoms with van der Waals surface area (Å²) in [5, 5.41) is 8.86. The average Bonchev–Trinajstić information content (AvgIpc) is 3.11. The van der Waals surface area contributed by atoms with E-state index in [-0.39, 0.29) is 24.5 Å². The summed E-state index contributed by atoms with van der Waals surface area (Å²) in [6, 6.07) is 3.73. The van der Waals surface area contributed by atoms with Crippen molar-refractivity contribution in [1.29, 1.82) is 0 Å². The number of fused-ring (bicyclic) bond motifs is 4. The van der Waals surface area contributed by atoms with E-state index in [1.807, 2.05) is 0 Å². The van der Waals surface area contributed by atoms with Crippen LogP contribution in [0.5, 0.6) is 11.5 Å². The number of carbonyl (C=O) groups excluding carboxylic acids is 2. The van der Waals surface area contributed by atoms with Gasteiger partial charge >= 0.3 is 11.4 Å². The third-order valence-corrected chi connectivity index (χ3v) is 9.50. The van der Waals surface area contributed by atoms with E-state index in [1.165, 1.54) is 29.6 Å². The second kappa shape index (κ2) is 8.66. The Morgan fingerprint density at radius 3 is 2.43 bits per heavy atom. The van der Waals surface area contributed by atoms with Crippen LogP contribution in [0.3, 0.4) is 0 Å². The maximum absolute atomic E-state index is 13.6. The van der Waals surface area contributed by atoms with Crippen LogP contribution in [0.25, 0.3) is 6.08 Å². The van der Waals surface area contributed by atoms with Crippen LogP contribution in [-0.4, -0.2) is 47.5 Å². The third-order valence-electron chi connectivity index (χ3n) is 7.24. The van der Waals surface area contributed by atoms with Crippen LogP contribution in [0.4, 0.5) is 0 Å². The van der Waals surface area contributed by atoms with Crippen molar-refractivity contribution in [2.24, 2.45) is 13.0 Å². The molecular formula is C24H19Cl4N3O6. The fourth-order valence-electron chi connectivity index (χ4n) is 5.33. The number of phenolic OH excluding ortho intramolecular Hbond substituents is 1. The highest BCUT2D eigenvalue weighted by molar-refractivity contribution is 6.66. The number of halogens is 4. The van der Waals surface area contributed by atoms with Crippen LogP contribution in [0.1, 0.15) is 18.0 Å². The van der Waals surface area contributed by atoms with Gasteiger partial charge in [0, 0.05) is 19.4 Å². The predicted octanol–water partition coefficient (Wildman–Crippen LogP) is 3.07. The van der Waals surface area contributed by atoms with Crippen LogP contribution in [0, 0.1) is 5.92 Å². The normalized spacial score (nSPS) is 29.2. The lowest BCUT2D eigenvalue weighted by molar-refractivity contribution is -0.129. The smallest absolute Gasteiger partial charge is 0.347 e. The molecule has 13 heteroatoms. The summed E-state index contributed by atoms with van der Waals surface area (Å²) in [6.07, 6.45) is 4.63. The largest absolute Gasteiger partial charge is 0.504 e. The average molecular weight is 587 g/mol.